The number of aryl methyl sites for hydroxylation is 3. The minimum absolute atomic E-state index is 0.0590. The van der Waals surface area contributed by atoms with Gasteiger partial charge in [0.15, 0.2) is 6.61 Å². The highest BCUT2D eigenvalue weighted by molar-refractivity contribution is 6.30. The minimum Gasteiger partial charge on any atom is -0.455 e. The number of halogens is 1. The maximum absolute atomic E-state index is 11.9. The van der Waals surface area contributed by atoms with Crippen LogP contribution in [0.4, 0.5) is 0 Å². The molecular weight excluding hydrogens is 344 g/mol. The summed E-state index contributed by atoms with van der Waals surface area (Å²) in [5.41, 5.74) is 2.71. The lowest BCUT2D eigenvalue weighted by molar-refractivity contribution is -0.146. The Balaban J connectivity index is 1.51. The molecule has 0 atom stereocenters. The Bertz CT molecular complexity index is 870. The third kappa shape index (κ3) is 4.45. The first-order valence-electron chi connectivity index (χ1n) is 7.76. The summed E-state index contributed by atoms with van der Waals surface area (Å²) in [7, 11) is 0. The smallest absolute Gasteiger partial charge is 0.308 e. The predicted molar refractivity (Wildman–Crippen MR) is 90.9 cm³/mol. The molecule has 2 heterocycles. The fourth-order valence-electron chi connectivity index (χ4n) is 2.34. The van der Waals surface area contributed by atoms with Crippen LogP contribution in [0.3, 0.4) is 0 Å². The highest BCUT2D eigenvalue weighted by atomic mass is 35.5. The molecule has 0 saturated carbocycles. The summed E-state index contributed by atoms with van der Waals surface area (Å²) in [4.78, 5) is 16.1. The van der Waals surface area contributed by atoms with E-state index in [1.807, 2.05) is 19.9 Å². The topological polar surface area (TPSA) is 83.0 Å². The number of nitrogens with zero attached hydrogens (tertiary/aromatic N) is 4. The van der Waals surface area contributed by atoms with Gasteiger partial charge >= 0.3 is 5.97 Å². The Hall–Kier alpha value is -2.67. The van der Waals surface area contributed by atoms with Crippen LogP contribution in [0.5, 0.6) is 0 Å². The molecule has 0 saturated heterocycles. The van der Waals surface area contributed by atoms with Crippen molar-refractivity contribution < 1.29 is 14.1 Å². The molecular formula is C17H17ClN4O3. The van der Waals surface area contributed by atoms with Crippen molar-refractivity contribution in [1.29, 1.82) is 0 Å². The number of aromatic nitrogens is 4. The predicted octanol–water partition coefficient (Wildman–Crippen LogP) is 3.34. The van der Waals surface area contributed by atoms with E-state index < -0.39 is 0 Å². The molecule has 3 rings (SSSR count). The van der Waals surface area contributed by atoms with Gasteiger partial charge in [0.1, 0.15) is 0 Å². The van der Waals surface area contributed by atoms with Crippen molar-refractivity contribution in [1.82, 2.24) is 19.9 Å². The zero-order valence-electron chi connectivity index (χ0n) is 13.9. The third-order valence-electron chi connectivity index (χ3n) is 3.56. The monoisotopic (exact) mass is 360 g/mol. The van der Waals surface area contributed by atoms with Crippen molar-refractivity contribution in [3.8, 4) is 11.4 Å². The molecule has 8 heteroatoms. The average molecular weight is 361 g/mol. The van der Waals surface area contributed by atoms with Crippen LogP contribution < -0.4 is 0 Å². The highest BCUT2D eigenvalue weighted by Gasteiger charge is 2.12. The summed E-state index contributed by atoms with van der Waals surface area (Å²) in [5, 5.41) is 8.80. The molecule has 1 aromatic carbocycles. The lowest BCUT2D eigenvalue weighted by Gasteiger charge is -2.04. The third-order valence-corrected chi connectivity index (χ3v) is 3.81. The number of hydrogen-bond acceptors (Lipinski definition) is 6. The fourth-order valence-corrected chi connectivity index (χ4v) is 2.47. The van der Waals surface area contributed by atoms with Gasteiger partial charge in [0.2, 0.25) is 5.82 Å². The van der Waals surface area contributed by atoms with Crippen LogP contribution in [-0.4, -0.2) is 25.9 Å². The van der Waals surface area contributed by atoms with Gasteiger partial charge in [-0.05, 0) is 44.2 Å². The van der Waals surface area contributed by atoms with Crippen molar-refractivity contribution >= 4 is 17.6 Å². The van der Waals surface area contributed by atoms with Gasteiger partial charge in [-0.2, -0.15) is 10.1 Å². The van der Waals surface area contributed by atoms with Gasteiger partial charge in [-0.25, -0.2) is 0 Å². The van der Waals surface area contributed by atoms with E-state index in [4.69, 9.17) is 20.9 Å². The van der Waals surface area contributed by atoms with Crippen molar-refractivity contribution in [2.24, 2.45) is 0 Å². The van der Waals surface area contributed by atoms with Crippen molar-refractivity contribution in [3.05, 3.63) is 52.6 Å². The molecule has 7 nitrogen and oxygen atoms in total. The number of rotatable bonds is 6. The highest BCUT2D eigenvalue weighted by Crippen LogP contribution is 2.18. The van der Waals surface area contributed by atoms with Gasteiger partial charge in [0.05, 0.1) is 18.7 Å². The van der Waals surface area contributed by atoms with Gasteiger partial charge in [-0.3, -0.25) is 9.48 Å². The number of carbonyl (C=O) groups is 1. The normalized spacial score (nSPS) is 10.8. The number of benzene rings is 1. The summed E-state index contributed by atoms with van der Waals surface area (Å²) in [6.45, 7) is 4.27. The first-order valence-corrected chi connectivity index (χ1v) is 8.14. The molecule has 0 aliphatic heterocycles. The second-order valence-electron chi connectivity index (χ2n) is 5.58. The van der Waals surface area contributed by atoms with Crippen LogP contribution in [0, 0.1) is 13.8 Å². The van der Waals surface area contributed by atoms with Crippen LogP contribution in [-0.2, 0) is 22.7 Å². The van der Waals surface area contributed by atoms with Gasteiger partial charge < -0.3 is 9.26 Å². The lowest BCUT2D eigenvalue weighted by Crippen LogP contribution is -2.11. The molecule has 2 aromatic heterocycles. The molecule has 0 bridgehead atoms. The molecule has 0 N–H and O–H groups in total. The Morgan fingerprint density at radius 3 is 2.72 bits per heavy atom. The van der Waals surface area contributed by atoms with Gasteiger partial charge in [0, 0.05) is 16.3 Å². The van der Waals surface area contributed by atoms with Gasteiger partial charge in [0.25, 0.3) is 5.89 Å². The Morgan fingerprint density at radius 1 is 1.28 bits per heavy atom. The van der Waals surface area contributed by atoms with E-state index in [0.717, 1.165) is 17.0 Å². The van der Waals surface area contributed by atoms with E-state index in [1.165, 1.54) is 0 Å². The van der Waals surface area contributed by atoms with E-state index in [1.54, 1.807) is 28.9 Å². The van der Waals surface area contributed by atoms with Crippen molar-refractivity contribution in [2.75, 3.05) is 0 Å². The molecule has 130 valence electrons. The van der Waals surface area contributed by atoms with Crippen LogP contribution in [0.2, 0.25) is 5.02 Å². The SMILES string of the molecule is Cc1cc(C)n(CCC(=O)OCc2nc(-c3ccc(Cl)cc3)no2)n1. The van der Waals surface area contributed by atoms with E-state index in [9.17, 15) is 4.79 Å². The summed E-state index contributed by atoms with van der Waals surface area (Å²) in [6.07, 6.45) is 0.222. The standard InChI is InChI=1S/C17H17ClN4O3/c1-11-9-12(2)22(20-11)8-7-16(23)24-10-15-19-17(21-25-15)13-3-5-14(18)6-4-13/h3-6,9H,7-8,10H2,1-2H3. The number of hydrogen-bond donors (Lipinski definition) is 0. The summed E-state index contributed by atoms with van der Waals surface area (Å²) in [6, 6.07) is 9.02. The molecule has 0 radical (unpaired) electrons. The first-order chi connectivity index (χ1) is 12.0. The Kier molecular flexibility index (Phi) is 5.14. The zero-order valence-corrected chi connectivity index (χ0v) is 14.7. The maximum atomic E-state index is 11.9. The Labute approximate surface area is 149 Å². The fraction of sp³-hybridized carbons (Fsp3) is 0.294. The number of ether oxygens (including phenoxy) is 1. The molecule has 0 amide bonds. The average Bonchev–Trinajstić information content (AvgIpc) is 3.18. The van der Waals surface area contributed by atoms with Gasteiger partial charge in [-0.1, -0.05) is 16.8 Å². The van der Waals surface area contributed by atoms with Crippen LogP contribution in [0.25, 0.3) is 11.4 Å². The molecule has 0 fully saturated rings. The molecule has 0 aliphatic rings. The van der Waals surface area contributed by atoms with Crippen LogP contribution in [0.15, 0.2) is 34.9 Å². The molecule has 25 heavy (non-hydrogen) atoms. The second-order valence-corrected chi connectivity index (χ2v) is 6.02. The first kappa shape index (κ1) is 17.2. The zero-order chi connectivity index (χ0) is 17.8. The van der Waals surface area contributed by atoms with E-state index in [0.29, 0.717) is 17.4 Å². The summed E-state index contributed by atoms with van der Waals surface area (Å²) in [5.74, 6) is 0.313. The van der Waals surface area contributed by atoms with Gasteiger partial charge in [-0.15, -0.1) is 0 Å². The molecule has 3 aromatic rings. The van der Waals surface area contributed by atoms with Crippen LogP contribution >= 0.6 is 11.6 Å². The van der Waals surface area contributed by atoms with Crippen LogP contribution in [0.1, 0.15) is 23.7 Å². The van der Waals surface area contributed by atoms with E-state index in [2.05, 4.69) is 15.2 Å². The number of esters is 1. The minimum atomic E-state index is -0.348. The lowest BCUT2D eigenvalue weighted by atomic mass is 10.2. The maximum Gasteiger partial charge on any atom is 0.308 e. The molecule has 0 unspecified atom stereocenters. The molecule has 0 spiro atoms. The largest absolute Gasteiger partial charge is 0.455 e. The molecule has 0 aliphatic carbocycles. The van der Waals surface area contributed by atoms with E-state index >= 15 is 0 Å². The summed E-state index contributed by atoms with van der Waals surface area (Å²) < 4.78 is 12.0. The number of carbonyl (C=O) groups excluding carboxylic acids is 1. The quantitative estimate of drug-likeness (QED) is 0.627. The second kappa shape index (κ2) is 7.48. The summed E-state index contributed by atoms with van der Waals surface area (Å²) >= 11 is 5.85. The van der Waals surface area contributed by atoms with Crippen molar-refractivity contribution in [3.63, 3.8) is 0 Å². The van der Waals surface area contributed by atoms with E-state index in [-0.39, 0.29) is 24.9 Å². The van der Waals surface area contributed by atoms with Crippen molar-refractivity contribution in [2.45, 2.75) is 33.4 Å². The Morgan fingerprint density at radius 2 is 2.04 bits per heavy atom.